The molecule has 0 saturated heterocycles. The molecule has 0 radical (unpaired) electrons. The number of hydrazone groups is 1. The van der Waals surface area contributed by atoms with Crippen molar-refractivity contribution in [3.8, 4) is 11.5 Å². The SMILES string of the molecule is COc1cc(C=NNC(=O)c2ccc(Cl)cc2Cl)ccc1OC=O. The summed E-state index contributed by atoms with van der Waals surface area (Å²) in [6, 6.07) is 9.33. The van der Waals surface area contributed by atoms with E-state index in [2.05, 4.69) is 10.5 Å². The van der Waals surface area contributed by atoms with Crippen molar-refractivity contribution in [2.75, 3.05) is 7.11 Å². The Hall–Kier alpha value is -2.57. The average molecular weight is 367 g/mol. The number of ether oxygens (including phenoxy) is 2. The van der Waals surface area contributed by atoms with E-state index < -0.39 is 5.91 Å². The van der Waals surface area contributed by atoms with E-state index in [1.54, 1.807) is 24.3 Å². The third-order valence-electron chi connectivity index (χ3n) is 2.92. The van der Waals surface area contributed by atoms with Gasteiger partial charge in [0.25, 0.3) is 12.4 Å². The predicted octanol–water partition coefficient (Wildman–Crippen LogP) is 3.30. The molecule has 0 heterocycles. The van der Waals surface area contributed by atoms with Gasteiger partial charge in [-0.3, -0.25) is 9.59 Å². The molecule has 0 aliphatic carbocycles. The van der Waals surface area contributed by atoms with Crippen LogP contribution < -0.4 is 14.9 Å². The topological polar surface area (TPSA) is 77.0 Å². The van der Waals surface area contributed by atoms with E-state index in [9.17, 15) is 9.59 Å². The lowest BCUT2D eigenvalue weighted by Crippen LogP contribution is -2.18. The molecular weight excluding hydrogens is 355 g/mol. The summed E-state index contributed by atoms with van der Waals surface area (Å²) in [6.45, 7) is 0.307. The Morgan fingerprint density at radius 1 is 1.17 bits per heavy atom. The van der Waals surface area contributed by atoms with Gasteiger partial charge in [0.05, 0.1) is 23.9 Å². The highest BCUT2D eigenvalue weighted by Gasteiger charge is 2.10. The predicted molar refractivity (Wildman–Crippen MR) is 91.2 cm³/mol. The van der Waals surface area contributed by atoms with Crippen LogP contribution in [0.4, 0.5) is 0 Å². The van der Waals surface area contributed by atoms with Gasteiger partial charge in [0.15, 0.2) is 11.5 Å². The van der Waals surface area contributed by atoms with E-state index in [1.807, 2.05) is 0 Å². The lowest BCUT2D eigenvalue weighted by Gasteiger charge is -2.06. The zero-order valence-corrected chi connectivity index (χ0v) is 14.0. The molecule has 1 N–H and O–H groups in total. The number of hydrogen-bond donors (Lipinski definition) is 1. The highest BCUT2D eigenvalue weighted by Crippen LogP contribution is 2.27. The monoisotopic (exact) mass is 366 g/mol. The molecule has 124 valence electrons. The van der Waals surface area contributed by atoms with Crippen molar-refractivity contribution < 1.29 is 19.1 Å². The minimum absolute atomic E-state index is 0.229. The number of nitrogens with one attached hydrogen (secondary N) is 1. The Morgan fingerprint density at radius 3 is 2.62 bits per heavy atom. The van der Waals surface area contributed by atoms with Gasteiger partial charge in [0.1, 0.15) is 0 Å². The largest absolute Gasteiger partial charge is 0.493 e. The van der Waals surface area contributed by atoms with Crippen LogP contribution in [0, 0.1) is 0 Å². The molecule has 0 atom stereocenters. The van der Waals surface area contributed by atoms with Crippen LogP contribution in [-0.2, 0) is 4.79 Å². The molecule has 0 aliphatic heterocycles. The summed E-state index contributed by atoms with van der Waals surface area (Å²) >= 11 is 11.7. The summed E-state index contributed by atoms with van der Waals surface area (Å²) in [4.78, 5) is 22.4. The molecule has 8 heteroatoms. The fraction of sp³-hybridized carbons (Fsp3) is 0.0625. The molecule has 0 fully saturated rings. The van der Waals surface area contributed by atoms with Crippen molar-refractivity contribution in [3.63, 3.8) is 0 Å². The van der Waals surface area contributed by atoms with Crippen LogP contribution in [0.15, 0.2) is 41.5 Å². The quantitative estimate of drug-likeness (QED) is 0.483. The number of benzene rings is 2. The Kier molecular flexibility index (Phi) is 6.17. The molecule has 0 saturated carbocycles. The average Bonchev–Trinajstić information content (AvgIpc) is 2.56. The second-order valence-electron chi connectivity index (χ2n) is 4.45. The van der Waals surface area contributed by atoms with E-state index >= 15 is 0 Å². The maximum Gasteiger partial charge on any atom is 0.298 e. The van der Waals surface area contributed by atoms with E-state index in [-0.39, 0.29) is 16.3 Å². The Balaban J connectivity index is 2.08. The van der Waals surface area contributed by atoms with E-state index in [0.29, 0.717) is 22.8 Å². The molecule has 1 amide bonds. The number of hydrogen-bond acceptors (Lipinski definition) is 5. The first-order valence-electron chi connectivity index (χ1n) is 6.62. The van der Waals surface area contributed by atoms with Gasteiger partial charge >= 0.3 is 0 Å². The van der Waals surface area contributed by atoms with E-state index in [1.165, 1.54) is 25.5 Å². The van der Waals surface area contributed by atoms with Crippen molar-refractivity contribution in [2.45, 2.75) is 0 Å². The number of carbonyl (C=O) groups is 2. The summed E-state index contributed by atoms with van der Waals surface area (Å²) in [5, 5.41) is 4.51. The van der Waals surface area contributed by atoms with Crippen molar-refractivity contribution in [1.29, 1.82) is 0 Å². The first kappa shape index (κ1) is 17.8. The van der Waals surface area contributed by atoms with Crippen molar-refractivity contribution >= 4 is 41.8 Å². The third-order valence-corrected chi connectivity index (χ3v) is 3.47. The Morgan fingerprint density at radius 2 is 1.96 bits per heavy atom. The summed E-state index contributed by atoms with van der Waals surface area (Å²) in [5.74, 6) is 0.167. The number of amides is 1. The van der Waals surface area contributed by atoms with Gasteiger partial charge in [-0.2, -0.15) is 5.10 Å². The number of halogens is 2. The van der Waals surface area contributed by atoms with Gasteiger partial charge in [0, 0.05) is 5.02 Å². The molecule has 0 spiro atoms. The first-order chi connectivity index (χ1) is 11.5. The molecule has 0 aromatic heterocycles. The maximum atomic E-state index is 12.0. The fourth-order valence-electron chi connectivity index (χ4n) is 1.81. The molecule has 0 unspecified atom stereocenters. The van der Waals surface area contributed by atoms with Crippen LogP contribution in [-0.4, -0.2) is 25.7 Å². The molecule has 0 aliphatic rings. The molecule has 2 rings (SSSR count). The Labute approximate surface area is 148 Å². The summed E-state index contributed by atoms with van der Waals surface area (Å²) in [7, 11) is 1.44. The summed E-state index contributed by atoms with van der Waals surface area (Å²) in [5.41, 5.74) is 3.25. The van der Waals surface area contributed by atoms with Gasteiger partial charge in [-0.25, -0.2) is 5.43 Å². The van der Waals surface area contributed by atoms with Gasteiger partial charge < -0.3 is 9.47 Å². The van der Waals surface area contributed by atoms with Crippen LogP contribution in [0.1, 0.15) is 15.9 Å². The van der Waals surface area contributed by atoms with Crippen LogP contribution in [0.3, 0.4) is 0 Å². The maximum absolute atomic E-state index is 12.0. The number of nitrogens with zero attached hydrogens (tertiary/aromatic N) is 1. The zero-order chi connectivity index (χ0) is 17.5. The highest BCUT2D eigenvalue weighted by molar-refractivity contribution is 6.36. The highest BCUT2D eigenvalue weighted by atomic mass is 35.5. The molecule has 2 aromatic rings. The van der Waals surface area contributed by atoms with Crippen LogP contribution in [0.25, 0.3) is 0 Å². The fourth-order valence-corrected chi connectivity index (χ4v) is 2.31. The van der Waals surface area contributed by atoms with Gasteiger partial charge in [0.2, 0.25) is 0 Å². The van der Waals surface area contributed by atoms with Crippen molar-refractivity contribution in [3.05, 3.63) is 57.6 Å². The molecule has 0 bridgehead atoms. The van der Waals surface area contributed by atoms with Crippen molar-refractivity contribution in [2.24, 2.45) is 5.10 Å². The number of rotatable bonds is 6. The molecule has 24 heavy (non-hydrogen) atoms. The zero-order valence-electron chi connectivity index (χ0n) is 12.5. The van der Waals surface area contributed by atoms with E-state index in [0.717, 1.165) is 0 Å². The standard InChI is InChI=1S/C16H12Cl2N2O4/c1-23-15-6-10(2-5-14(15)24-9-21)8-19-20-16(22)12-4-3-11(17)7-13(12)18/h2-9H,1H3,(H,20,22). The number of carbonyl (C=O) groups excluding carboxylic acids is 2. The van der Waals surface area contributed by atoms with Gasteiger partial charge in [-0.05, 0) is 42.0 Å². The smallest absolute Gasteiger partial charge is 0.298 e. The second kappa shape index (κ2) is 8.33. The van der Waals surface area contributed by atoms with Gasteiger partial charge in [-0.1, -0.05) is 23.2 Å². The van der Waals surface area contributed by atoms with Gasteiger partial charge in [-0.15, -0.1) is 0 Å². The van der Waals surface area contributed by atoms with Crippen LogP contribution >= 0.6 is 23.2 Å². The summed E-state index contributed by atoms with van der Waals surface area (Å²) < 4.78 is 9.86. The second-order valence-corrected chi connectivity index (χ2v) is 5.29. The minimum Gasteiger partial charge on any atom is -0.493 e. The lowest BCUT2D eigenvalue weighted by molar-refractivity contribution is -0.120. The van der Waals surface area contributed by atoms with Crippen LogP contribution in [0.5, 0.6) is 11.5 Å². The molecule has 2 aromatic carbocycles. The molecule has 6 nitrogen and oxygen atoms in total. The summed E-state index contributed by atoms with van der Waals surface area (Å²) in [6.07, 6.45) is 1.41. The van der Waals surface area contributed by atoms with E-state index in [4.69, 9.17) is 32.7 Å². The van der Waals surface area contributed by atoms with Crippen LogP contribution in [0.2, 0.25) is 10.0 Å². The number of methoxy groups -OCH3 is 1. The first-order valence-corrected chi connectivity index (χ1v) is 7.37. The minimum atomic E-state index is -0.471. The third kappa shape index (κ3) is 4.47. The van der Waals surface area contributed by atoms with Crippen molar-refractivity contribution in [1.82, 2.24) is 5.43 Å². The normalized spacial score (nSPS) is 10.5. The molecular formula is C16H12Cl2N2O4. The Bertz CT molecular complexity index is 794. The lowest BCUT2D eigenvalue weighted by atomic mass is 10.2.